The lowest BCUT2D eigenvalue weighted by molar-refractivity contribution is 0.669. The molecule has 56 heavy (non-hydrogen) atoms. The zero-order valence-electron chi connectivity index (χ0n) is 30.2. The molecule has 262 valence electrons. The van der Waals surface area contributed by atoms with Crippen LogP contribution in [0, 0.1) is 0 Å². The molecule has 3 heterocycles. The molecule has 0 radical (unpaired) electrons. The van der Waals surface area contributed by atoms with Crippen LogP contribution in [0.25, 0.3) is 106 Å². The van der Waals surface area contributed by atoms with Crippen molar-refractivity contribution in [3.05, 3.63) is 194 Å². The molecule has 11 rings (SSSR count). The highest BCUT2D eigenvalue weighted by atomic mass is 16.3. The minimum atomic E-state index is 0.602. The van der Waals surface area contributed by atoms with Gasteiger partial charge in [-0.2, -0.15) is 0 Å². The van der Waals surface area contributed by atoms with E-state index < -0.39 is 0 Å². The largest absolute Gasteiger partial charge is 0.456 e. The van der Waals surface area contributed by atoms with Crippen LogP contribution in [-0.2, 0) is 0 Å². The van der Waals surface area contributed by atoms with E-state index in [-0.39, 0.29) is 0 Å². The van der Waals surface area contributed by atoms with Crippen LogP contribution in [0.15, 0.2) is 199 Å². The monoisotopic (exact) mass is 716 g/mol. The summed E-state index contributed by atoms with van der Waals surface area (Å²) in [4.78, 5) is 15.6. The van der Waals surface area contributed by atoms with Gasteiger partial charge in [-0.05, 0) is 58.7 Å². The van der Waals surface area contributed by atoms with E-state index in [2.05, 4.69) is 162 Å². The Bertz CT molecular complexity index is 3220. The standard InChI is InChI=1S/C51H32N4O/c1-4-15-33(16-5-1)34-27-29-37(30-28-34)50-52-49(36-19-8-3-9-20-36)53-51(54-50)42-32-45-41(31-40(42)35-17-6-2-7-18-35)38-21-10-12-23-43(38)55(45)44-24-14-26-47-48(44)39-22-11-13-25-46(39)56-47/h1-32H. The minimum Gasteiger partial charge on any atom is -0.456 e. The fraction of sp³-hybridized carbons (Fsp3) is 0. The number of fused-ring (bicyclic) bond motifs is 6. The average molecular weight is 717 g/mol. The quantitative estimate of drug-likeness (QED) is 0.172. The van der Waals surface area contributed by atoms with Crippen molar-refractivity contribution in [2.75, 3.05) is 0 Å². The third-order valence-electron chi connectivity index (χ3n) is 10.7. The van der Waals surface area contributed by atoms with Gasteiger partial charge < -0.3 is 8.98 Å². The number of nitrogens with zero attached hydrogens (tertiary/aromatic N) is 4. The topological polar surface area (TPSA) is 56.7 Å². The highest BCUT2D eigenvalue weighted by molar-refractivity contribution is 6.16. The Kier molecular flexibility index (Phi) is 7.42. The summed E-state index contributed by atoms with van der Waals surface area (Å²) in [7, 11) is 0. The number of rotatable bonds is 6. The van der Waals surface area contributed by atoms with Crippen molar-refractivity contribution < 1.29 is 4.42 Å². The molecule has 0 spiro atoms. The minimum absolute atomic E-state index is 0.602. The smallest absolute Gasteiger partial charge is 0.164 e. The Morgan fingerprint density at radius 3 is 1.61 bits per heavy atom. The van der Waals surface area contributed by atoms with Gasteiger partial charge >= 0.3 is 0 Å². The van der Waals surface area contributed by atoms with Crippen molar-refractivity contribution in [2.45, 2.75) is 0 Å². The van der Waals surface area contributed by atoms with Crippen molar-refractivity contribution in [2.24, 2.45) is 0 Å². The number of aromatic nitrogens is 4. The summed E-state index contributed by atoms with van der Waals surface area (Å²) in [6.07, 6.45) is 0. The second-order valence-corrected chi connectivity index (χ2v) is 14.0. The van der Waals surface area contributed by atoms with E-state index in [1.165, 1.54) is 0 Å². The van der Waals surface area contributed by atoms with Crippen LogP contribution in [0.4, 0.5) is 0 Å². The molecule has 0 bridgehead atoms. The van der Waals surface area contributed by atoms with E-state index in [1.807, 2.05) is 36.4 Å². The molecule has 0 aliphatic heterocycles. The Balaban J connectivity index is 1.20. The van der Waals surface area contributed by atoms with Crippen LogP contribution in [0.1, 0.15) is 0 Å². The summed E-state index contributed by atoms with van der Waals surface area (Å²) in [5, 5.41) is 4.46. The van der Waals surface area contributed by atoms with Crippen molar-refractivity contribution in [3.63, 3.8) is 0 Å². The van der Waals surface area contributed by atoms with Crippen molar-refractivity contribution in [3.8, 4) is 62.1 Å². The van der Waals surface area contributed by atoms with Crippen LogP contribution in [0.5, 0.6) is 0 Å². The first kappa shape index (κ1) is 31.9. The molecule has 0 unspecified atom stereocenters. The highest BCUT2D eigenvalue weighted by Crippen LogP contribution is 2.43. The van der Waals surface area contributed by atoms with Gasteiger partial charge in [0.05, 0.1) is 22.1 Å². The van der Waals surface area contributed by atoms with Gasteiger partial charge in [0.25, 0.3) is 0 Å². The fourth-order valence-electron chi connectivity index (χ4n) is 8.04. The Morgan fingerprint density at radius 1 is 0.339 bits per heavy atom. The maximum Gasteiger partial charge on any atom is 0.164 e. The van der Waals surface area contributed by atoms with E-state index >= 15 is 0 Å². The molecule has 0 fully saturated rings. The summed E-state index contributed by atoms with van der Waals surface area (Å²) in [5.41, 5.74) is 12.1. The van der Waals surface area contributed by atoms with Crippen LogP contribution >= 0.6 is 0 Å². The molecular weight excluding hydrogens is 685 g/mol. The van der Waals surface area contributed by atoms with Gasteiger partial charge in [-0.15, -0.1) is 0 Å². The van der Waals surface area contributed by atoms with Gasteiger partial charge in [0.15, 0.2) is 17.5 Å². The number of hydrogen-bond acceptors (Lipinski definition) is 4. The van der Waals surface area contributed by atoms with Crippen LogP contribution in [0.3, 0.4) is 0 Å². The second kappa shape index (κ2) is 13.0. The maximum atomic E-state index is 6.39. The summed E-state index contributed by atoms with van der Waals surface area (Å²) < 4.78 is 8.76. The van der Waals surface area contributed by atoms with Gasteiger partial charge in [-0.1, -0.05) is 158 Å². The van der Waals surface area contributed by atoms with Gasteiger partial charge in [0.2, 0.25) is 0 Å². The average Bonchev–Trinajstić information content (AvgIpc) is 3.82. The molecule has 0 saturated carbocycles. The Morgan fingerprint density at radius 2 is 0.875 bits per heavy atom. The van der Waals surface area contributed by atoms with Crippen LogP contribution in [0.2, 0.25) is 0 Å². The first-order valence-corrected chi connectivity index (χ1v) is 18.8. The SMILES string of the molecule is c1ccc(-c2ccc(-c3nc(-c4ccccc4)nc(-c4cc5c(cc4-c4ccccc4)c4ccccc4n5-c4cccc5oc6ccccc6c45)n3)cc2)cc1. The van der Waals surface area contributed by atoms with Crippen LogP contribution < -0.4 is 0 Å². The number of hydrogen-bond donors (Lipinski definition) is 0. The van der Waals surface area contributed by atoms with E-state index in [0.717, 1.165) is 88.4 Å². The van der Waals surface area contributed by atoms with Gasteiger partial charge in [-0.25, -0.2) is 15.0 Å². The molecule has 0 amide bonds. The molecule has 0 aliphatic rings. The van der Waals surface area contributed by atoms with Crippen LogP contribution in [-0.4, -0.2) is 19.5 Å². The van der Waals surface area contributed by atoms with Gasteiger partial charge in [-0.3, -0.25) is 0 Å². The molecule has 0 atom stereocenters. The van der Waals surface area contributed by atoms with Gasteiger partial charge in [0.1, 0.15) is 11.2 Å². The number of para-hydroxylation sites is 2. The summed E-state index contributed by atoms with van der Waals surface area (Å²) >= 11 is 0. The predicted octanol–water partition coefficient (Wildman–Crippen LogP) is 13.2. The number of furan rings is 1. The molecular formula is C51H32N4O. The lowest BCUT2D eigenvalue weighted by Crippen LogP contribution is -2.02. The lowest BCUT2D eigenvalue weighted by Gasteiger charge is -2.15. The van der Waals surface area contributed by atoms with Crippen molar-refractivity contribution in [1.29, 1.82) is 0 Å². The summed E-state index contributed by atoms with van der Waals surface area (Å²) in [6, 6.07) is 67.4. The zero-order valence-corrected chi connectivity index (χ0v) is 30.2. The van der Waals surface area contributed by atoms with Gasteiger partial charge in [0, 0.05) is 32.8 Å². The normalized spacial score (nSPS) is 11.6. The summed E-state index contributed by atoms with van der Waals surface area (Å²) in [6.45, 7) is 0. The Labute approximate surface area is 322 Å². The molecule has 11 aromatic rings. The molecule has 5 heteroatoms. The Hall–Kier alpha value is -7.63. The van der Waals surface area contributed by atoms with Crippen molar-refractivity contribution >= 4 is 43.7 Å². The molecule has 0 N–H and O–H groups in total. The first-order chi connectivity index (χ1) is 27.8. The molecule has 0 saturated heterocycles. The molecule has 0 aliphatic carbocycles. The van der Waals surface area contributed by atoms with E-state index in [4.69, 9.17) is 19.4 Å². The van der Waals surface area contributed by atoms with E-state index in [0.29, 0.717) is 17.5 Å². The third kappa shape index (κ3) is 5.29. The molecule has 3 aromatic heterocycles. The third-order valence-corrected chi connectivity index (χ3v) is 10.7. The second-order valence-electron chi connectivity index (χ2n) is 14.0. The van der Waals surface area contributed by atoms with Crippen molar-refractivity contribution in [1.82, 2.24) is 19.5 Å². The van der Waals surface area contributed by atoms with E-state index in [9.17, 15) is 0 Å². The highest BCUT2D eigenvalue weighted by Gasteiger charge is 2.22. The molecule has 5 nitrogen and oxygen atoms in total. The maximum absolute atomic E-state index is 6.39. The fourth-order valence-corrected chi connectivity index (χ4v) is 8.04. The zero-order chi connectivity index (χ0) is 37.0. The predicted molar refractivity (Wildman–Crippen MR) is 229 cm³/mol. The molecule has 8 aromatic carbocycles. The first-order valence-electron chi connectivity index (χ1n) is 18.8. The number of benzene rings is 8. The lowest BCUT2D eigenvalue weighted by atomic mass is 9.96. The van der Waals surface area contributed by atoms with E-state index in [1.54, 1.807) is 0 Å². The summed E-state index contributed by atoms with van der Waals surface area (Å²) in [5.74, 6) is 1.83.